The molecule has 2 amide bonds. The van der Waals surface area contributed by atoms with Crippen LogP contribution in [0.1, 0.15) is 28.8 Å². The van der Waals surface area contributed by atoms with Gasteiger partial charge in [0, 0.05) is 0 Å². The number of amides is 2. The molecule has 26 heteroatoms. The Bertz CT molecular complexity index is 2340. The first kappa shape index (κ1) is 37.9. The van der Waals surface area contributed by atoms with Crippen molar-refractivity contribution in [3.8, 4) is 17.4 Å². The summed E-state index contributed by atoms with van der Waals surface area (Å²) in [5.41, 5.74) is 8.28. The molecule has 0 bridgehead atoms. The quantitative estimate of drug-likeness (QED) is 0.0530. The Kier molecular flexibility index (Phi) is 10.1. The Balaban J connectivity index is 1.09. The highest BCUT2D eigenvalue weighted by Crippen LogP contribution is 2.61. The van der Waals surface area contributed by atoms with Crippen LogP contribution in [0.2, 0.25) is 0 Å². The molecule has 1 aliphatic heterocycles. The molecule has 1 aliphatic rings. The van der Waals surface area contributed by atoms with E-state index in [1.54, 1.807) is 19.1 Å². The van der Waals surface area contributed by atoms with Gasteiger partial charge in [0.2, 0.25) is 11.5 Å². The maximum atomic E-state index is 12.5. The Morgan fingerprint density at radius 3 is 2.47 bits per heavy atom. The predicted molar refractivity (Wildman–Crippen MR) is 175 cm³/mol. The lowest BCUT2D eigenvalue weighted by Crippen LogP contribution is -2.53. The number of nitrogen functional groups attached to an aromatic ring is 1. The standard InChI is InChI=1S/C27H31N9O15P2/c1-10-3-12-13(4-11(10)2)35(24-18(32-12)25(42)34-27(43)33-24)5-14(37)19(39)15(38)6-48-52(44,45)51-53(46,47)49-7-16-20(40)21(41)26(50-16)36-9-31-17-22(28)29-8-30-23(17)36/h3-4,8-9,14-15,19,25,37-39,42H,5-7H2,1-2H3,(H7,28,29,30,34,40,41,43,44,45,46,47)/p+1/t14-,15+,19-,25-/m0/s1. The van der Waals surface area contributed by atoms with Crippen LogP contribution >= 0.6 is 15.6 Å². The summed E-state index contributed by atoms with van der Waals surface area (Å²) >= 11 is 0. The van der Waals surface area contributed by atoms with Crippen LogP contribution in [0.25, 0.3) is 28.1 Å². The number of aliphatic hydroxyl groups excluding tert-OH is 4. The molecule has 0 fully saturated rings. The second kappa shape index (κ2) is 14.2. The molecular weight excluding hydrogens is 752 g/mol. The summed E-state index contributed by atoms with van der Waals surface area (Å²) in [5, 5.41) is 67.9. The molecule has 5 aromatic rings. The van der Waals surface area contributed by atoms with Gasteiger partial charge >= 0.3 is 27.5 Å². The van der Waals surface area contributed by atoms with E-state index >= 15 is 0 Å². The van der Waals surface area contributed by atoms with Gasteiger partial charge in [-0.05, 0) is 37.1 Å². The number of nitrogens with one attached hydrogen (secondary N) is 2. The van der Waals surface area contributed by atoms with Crippen molar-refractivity contribution < 1.29 is 76.7 Å². The van der Waals surface area contributed by atoms with Crippen LogP contribution in [0.5, 0.6) is 11.5 Å². The van der Waals surface area contributed by atoms with Gasteiger partial charge in [-0.15, -0.1) is 0 Å². The number of furan rings is 1. The zero-order valence-corrected chi connectivity index (χ0v) is 29.1. The van der Waals surface area contributed by atoms with Gasteiger partial charge in [0.05, 0.1) is 6.61 Å². The molecule has 12 N–H and O–H groups in total. The van der Waals surface area contributed by atoms with Crippen molar-refractivity contribution in [2.45, 2.75) is 51.5 Å². The topological polar surface area (TPSA) is 364 Å². The number of hydrogen-bond donors (Lipinski definition) is 11. The highest BCUT2D eigenvalue weighted by Gasteiger charge is 2.40. The van der Waals surface area contributed by atoms with E-state index in [9.17, 15) is 54.4 Å². The Labute approximate surface area is 295 Å². The van der Waals surface area contributed by atoms with Crippen LogP contribution in [0.15, 0.2) is 29.2 Å². The molecule has 0 aliphatic carbocycles. The SMILES string of the molecule is Cc1cc2nc3c([n+](C[C@H](O)[C@H](O)[C@H](O)COP(=O)(O)OP(=O)(O)OCc4oc(-n5cnc6c(N)ncnc65)c(O)c4O)c2cc1C)NC(=O)N[C@H]3O. The zero-order chi connectivity index (χ0) is 38.6. The molecule has 24 nitrogen and oxygen atoms in total. The van der Waals surface area contributed by atoms with Crippen molar-refractivity contribution in [2.75, 3.05) is 17.7 Å². The Morgan fingerprint density at radius 2 is 1.74 bits per heavy atom. The molecule has 1 aromatic carbocycles. The number of benzene rings is 1. The number of aryl methyl sites for hydroxylation is 2. The summed E-state index contributed by atoms with van der Waals surface area (Å²) in [5.74, 6) is -2.93. The van der Waals surface area contributed by atoms with Gasteiger partial charge in [-0.1, -0.05) is 0 Å². The summed E-state index contributed by atoms with van der Waals surface area (Å²) < 4.78 is 46.2. The monoisotopic (exact) mass is 784 g/mol. The molecule has 0 saturated heterocycles. The molecule has 0 radical (unpaired) electrons. The molecule has 0 saturated carbocycles. The number of phosphoric ester groups is 2. The number of aromatic nitrogens is 6. The molecule has 4 aromatic heterocycles. The molecule has 53 heavy (non-hydrogen) atoms. The van der Waals surface area contributed by atoms with Crippen molar-refractivity contribution >= 4 is 55.5 Å². The Morgan fingerprint density at radius 1 is 1.04 bits per heavy atom. The number of nitrogens with zero attached hydrogens (tertiary/aromatic N) is 6. The molecule has 5 heterocycles. The van der Waals surface area contributed by atoms with Gasteiger partial charge in [0.15, 0.2) is 40.2 Å². The summed E-state index contributed by atoms with van der Waals surface area (Å²) in [6, 6.07) is 2.60. The number of phosphoric acid groups is 2. The van der Waals surface area contributed by atoms with Crippen molar-refractivity contribution in [3.63, 3.8) is 0 Å². The van der Waals surface area contributed by atoms with Gasteiger partial charge in [-0.2, -0.15) is 9.63 Å². The van der Waals surface area contributed by atoms with E-state index in [4.69, 9.17) is 10.2 Å². The minimum absolute atomic E-state index is 0.00316. The molecule has 284 valence electrons. The van der Waals surface area contributed by atoms with Crippen molar-refractivity contribution in [3.05, 3.63) is 47.4 Å². The Hall–Kier alpha value is -4.84. The smallest absolute Gasteiger partial charge is 0.481 e. The largest absolute Gasteiger partial charge is 0.502 e. The first-order valence-corrected chi connectivity index (χ1v) is 18.1. The number of fused-ring (bicyclic) bond motifs is 3. The van der Waals surface area contributed by atoms with Gasteiger partial charge < -0.3 is 50.6 Å². The number of carbonyl (C=O) groups excluding carboxylic acids is 1. The predicted octanol–water partition coefficient (Wildman–Crippen LogP) is -0.486. The maximum absolute atomic E-state index is 12.5. The van der Waals surface area contributed by atoms with Crippen molar-refractivity contribution in [2.24, 2.45) is 0 Å². The van der Waals surface area contributed by atoms with E-state index in [0.29, 0.717) is 11.0 Å². The van der Waals surface area contributed by atoms with Crippen LogP contribution in [0.3, 0.4) is 0 Å². The van der Waals surface area contributed by atoms with Crippen LogP contribution in [-0.4, -0.2) is 95.9 Å². The number of carbonyl (C=O) groups is 1. The third-order valence-corrected chi connectivity index (χ3v) is 10.6. The average Bonchev–Trinajstić information content (AvgIpc) is 3.63. The van der Waals surface area contributed by atoms with Gasteiger partial charge in [-0.3, -0.25) is 14.4 Å². The number of aromatic hydroxyl groups is 2. The van der Waals surface area contributed by atoms with Crippen molar-refractivity contribution in [1.82, 2.24) is 29.8 Å². The first-order valence-electron chi connectivity index (χ1n) is 15.1. The van der Waals surface area contributed by atoms with E-state index in [2.05, 4.69) is 43.9 Å². The number of imidazole rings is 1. The second-order valence-electron chi connectivity index (χ2n) is 11.7. The number of rotatable bonds is 13. The number of anilines is 2. The summed E-state index contributed by atoms with van der Waals surface area (Å²) in [7, 11) is -11.1. The van der Waals surface area contributed by atoms with E-state index in [-0.39, 0.29) is 28.5 Å². The van der Waals surface area contributed by atoms with Crippen LogP contribution < -0.4 is 20.9 Å². The fraction of sp³-hybridized carbons (Fsp3) is 0.333. The van der Waals surface area contributed by atoms with Crippen molar-refractivity contribution in [1.29, 1.82) is 0 Å². The average molecular weight is 785 g/mol. The lowest BCUT2D eigenvalue weighted by Gasteiger charge is -2.25. The number of aliphatic hydroxyl groups is 4. The van der Waals surface area contributed by atoms with E-state index in [1.807, 2.05) is 6.92 Å². The van der Waals surface area contributed by atoms with E-state index < -0.39 is 89.1 Å². The summed E-state index contributed by atoms with van der Waals surface area (Å²) in [6.07, 6.45) is -5.34. The molecule has 6 atom stereocenters. The molecule has 6 rings (SSSR count). The highest BCUT2D eigenvalue weighted by molar-refractivity contribution is 7.61. The summed E-state index contributed by atoms with van der Waals surface area (Å²) in [6.45, 7) is 0.762. The minimum atomic E-state index is -5.55. The first-order chi connectivity index (χ1) is 24.9. The fourth-order valence-corrected chi connectivity index (χ4v) is 7.27. The number of urea groups is 1. The summed E-state index contributed by atoms with van der Waals surface area (Å²) in [4.78, 5) is 48.4. The van der Waals surface area contributed by atoms with E-state index in [1.165, 1.54) is 4.57 Å². The highest BCUT2D eigenvalue weighted by atomic mass is 31.3. The van der Waals surface area contributed by atoms with Gasteiger partial charge in [-0.25, -0.2) is 43.0 Å². The van der Waals surface area contributed by atoms with Crippen LogP contribution in [-0.2, 0) is 35.6 Å². The molecular formula is C27H32N9O15P2+. The second-order valence-corrected chi connectivity index (χ2v) is 14.7. The van der Waals surface area contributed by atoms with Crippen LogP contribution in [0, 0.1) is 13.8 Å². The fourth-order valence-electron chi connectivity index (χ4n) is 5.23. The maximum Gasteiger partial charge on any atom is 0.481 e. The number of nitrogens with two attached hydrogens (primary N) is 1. The number of hydrogen-bond acceptors (Lipinski definition) is 18. The van der Waals surface area contributed by atoms with Crippen LogP contribution in [0.4, 0.5) is 16.4 Å². The third-order valence-electron chi connectivity index (χ3n) is 8.02. The molecule has 0 spiro atoms. The zero-order valence-electron chi connectivity index (χ0n) is 27.3. The van der Waals surface area contributed by atoms with E-state index in [0.717, 1.165) is 28.3 Å². The molecule has 2 unspecified atom stereocenters. The lowest BCUT2D eigenvalue weighted by atomic mass is 10.1. The minimum Gasteiger partial charge on any atom is -0.502 e. The lowest BCUT2D eigenvalue weighted by molar-refractivity contribution is -0.667. The third kappa shape index (κ3) is 7.65. The van der Waals surface area contributed by atoms with Gasteiger partial charge in [0.25, 0.3) is 5.88 Å². The normalized spacial score (nSPS) is 18.5. The van der Waals surface area contributed by atoms with Gasteiger partial charge in [0.1, 0.15) is 49.6 Å².